The molecule has 1 fully saturated rings. The highest BCUT2D eigenvalue weighted by Gasteiger charge is 2.34. The van der Waals surface area contributed by atoms with Gasteiger partial charge in [0.15, 0.2) is 0 Å². The van der Waals surface area contributed by atoms with Crippen molar-refractivity contribution in [3.05, 3.63) is 59.1 Å². The Morgan fingerprint density at radius 1 is 1.19 bits per heavy atom. The monoisotopic (exact) mass is 319 g/mol. The molecule has 0 bridgehead atoms. The van der Waals surface area contributed by atoms with Crippen molar-refractivity contribution in [3.8, 4) is 5.75 Å². The van der Waals surface area contributed by atoms with Crippen molar-refractivity contribution in [1.82, 2.24) is 0 Å². The molecule has 0 spiro atoms. The maximum absolute atomic E-state index is 12.3. The van der Waals surface area contributed by atoms with E-state index >= 15 is 0 Å². The fourth-order valence-electron chi connectivity index (χ4n) is 2.35. The van der Waals surface area contributed by atoms with E-state index in [0.717, 1.165) is 17.0 Å². The van der Waals surface area contributed by atoms with Gasteiger partial charge < -0.3 is 4.74 Å². The number of nitrogens with zero attached hydrogens (tertiary/aromatic N) is 1. The molecule has 108 valence electrons. The van der Waals surface area contributed by atoms with Crippen molar-refractivity contribution >= 4 is 35.0 Å². The summed E-state index contributed by atoms with van der Waals surface area (Å²) >= 11 is 7.87. The topological polar surface area (TPSA) is 29.5 Å². The molecule has 21 heavy (non-hydrogen) atoms. The molecule has 1 heterocycles. The van der Waals surface area contributed by atoms with Crippen molar-refractivity contribution in [3.63, 3.8) is 0 Å². The minimum Gasteiger partial charge on any atom is -0.497 e. The van der Waals surface area contributed by atoms with Crippen molar-refractivity contribution in [2.45, 2.75) is 5.37 Å². The Morgan fingerprint density at radius 2 is 1.90 bits per heavy atom. The van der Waals surface area contributed by atoms with Crippen LogP contribution in [0.2, 0.25) is 5.02 Å². The first-order valence-electron chi connectivity index (χ1n) is 6.53. The van der Waals surface area contributed by atoms with Gasteiger partial charge in [-0.2, -0.15) is 0 Å². The molecule has 0 aliphatic carbocycles. The molecule has 0 radical (unpaired) electrons. The molecule has 5 heteroatoms. The van der Waals surface area contributed by atoms with Gasteiger partial charge in [0.1, 0.15) is 11.1 Å². The zero-order chi connectivity index (χ0) is 14.8. The van der Waals surface area contributed by atoms with E-state index in [1.807, 2.05) is 48.5 Å². The van der Waals surface area contributed by atoms with Gasteiger partial charge in [-0.25, -0.2) is 0 Å². The molecule has 2 aromatic carbocycles. The van der Waals surface area contributed by atoms with Crippen LogP contribution in [0.1, 0.15) is 10.9 Å². The summed E-state index contributed by atoms with van der Waals surface area (Å²) in [4.78, 5) is 14.1. The maximum atomic E-state index is 12.3. The van der Waals surface area contributed by atoms with Gasteiger partial charge in [-0.1, -0.05) is 29.8 Å². The predicted molar refractivity (Wildman–Crippen MR) is 87.1 cm³/mol. The van der Waals surface area contributed by atoms with E-state index in [4.69, 9.17) is 16.3 Å². The first kappa shape index (κ1) is 14.3. The second kappa shape index (κ2) is 6.00. The van der Waals surface area contributed by atoms with Crippen LogP contribution in [0.4, 0.5) is 5.69 Å². The van der Waals surface area contributed by atoms with Crippen LogP contribution in [0.5, 0.6) is 5.75 Å². The number of ether oxygens (including phenoxy) is 1. The third-order valence-electron chi connectivity index (χ3n) is 3.39. The zero-order valence-electron chi connectivity index (χ0n) is 11.5. The Kier molecular flexibility index (Phi) is 4.08. The number of hydrogen-bond donors (Lipinski definition) is 0. The Hall–Kier alpha value is -1.65. The summed E-state index contributed by atoms with van der Waals surface area (Å²) < 4.78 is 5.16. The summed E-state index contributed by atoms with van der Waals surface area (Å²) in [5.41, 5.74) is 1.82. The van der Waals surface area contributed by atoms with Gasteiger partial charge in [-0.3, -0.25) is 9.69 Å². The smallest absolute Gasteiger partial charge is 0.238 e. The van der Waals surface area contributed by atoms with E-state index < -0.39 is 0 Å². The first-order chi connectivity index (χ1) is 10.2. The lowest BCUT2D eigenvalue weighted by Gasteiger charge is -2.25. The third kappa shape index (κ3) is 2.74. The van der Waals surface area contributed by atoms with Crippen LogP contribution < -0.4 is 9.64 Å². The van der Waals surface area contributed by atoms with E-state index in [1.54, 1.807) is 23.8 Å². The molecule has 1 aliphatic heterocycles. The molecule has 1 saturated heterocycles. The van der Waals surface area contributed by atoms with Gasteiger partial charge in [0.2, 0.25) is 5.91 Å². The van der Waals surface area contributed by atoms with Crippen LogP contribution in [0.15, 0.2) is 48.5 Å². The molecular formula is C16H14ClNO2S. The van der Waals surface area contributed by atoms with Crippen LogP contribution in [-0.2, 0) is 4.79 Å². The molecule has 1 unspecified atom stereocenters. The minimum atomic E-state index is -0.0837. The minimum absolute atomic E-state index is 0.0837. The summed E-state index contributed by atoms with van der Waals surface area (Å²) in [5, 5.41) is 0.600. The molecule has 3 rings (SSSR count). The summed E-state index contributed by atoms with van der Waals surface area (Å²) in [5.74, 6) is 1.32. The first-order valence-corrected chi connectivity index (χ1v) is 7.95. The predicted octanol–water partition coefficient (Wildman–Crippen LogP) is 4.13. The molecule has 1 atom stereocenters. The Bertz CT molecular complexity index is 660. The molecule has 0 aromatic heterocycles. The van der Waals surface area contributed by atoms with Gasteiger partial charge in [0.05, 0.1) is 12.9 Å². The van der Waals surface area contributed by atoms with Gasteiger partial charge in [0, 0.05) is 16.3 Å². The quantitative estimate of drug-likeness (QED) is 0.852. The largest absolute Gasteiger partial charge is 0.497 e. The Morgan fingerprint density at radius 3 is 2.57 bits per heavy atom. The summed E-state index contributed by atoms with van der Waals surface area (Å²) in [6.07, 6.45) is 0. The molecule has 0 saturated carbocycles. The van der Waals surface area contributed by atoms with E-state index in [1.165, 1.54) is 0 Å². The number of thioether (sulfide) groups is 1. The second-order valence-electron chi connectivity index (χ2n) is 4.65. The lowest BCUT2D eigenvalue weighted by atomic mass is 10.2. The van der Waals surface area contributed by atoms with Gasteiger partial charge >= 0.3 is 0 Å². The van der Waals surface area contributed by atoms with Crippen LogP contribution in [-0.4, -0.2) is 18.8 Å². The highest BCUT2D eigenvalue weighted by atomic mass is 35.5. The van der Waals surface area contributed by atoms with E-state index in [9.17, 15) is 4.79 Å². The fourth-order valence-corrected chi connectivity index (χ4v) is 3.87. The van der Waals surface area contributed by atoms with Crippen LogP contribution in [0, 0.1) is 0 Å². The van der Waals surface area contributed by atoms with E-state index in [-0.39, 0.29) is 11.3 Å². The van der Waals surface area contributed by atoms with Gasteiger partial charge in [0.25, 0.3) is 0 Å². The Labute approximate surface area is 132 Å². The van der Waals surface area contributed by atoms with Crippen molar-refractivity contribution in [1.29, 1.82) is 0 Å². The lowest BCUT2D eigenvalue weighted by molar-refractivity contribution is -0.115. The van der Waals surface area contributed by atoms with Crippen LogP contribution in [0.3, 0.4) is 0 Å². The Balaban J connectivity index is 1.97. The number of rotatable bonds is 3. The number of halogens is 1. The molecule has 1 amide bonds. The van der Waals surface area contributed by atoms with E-state index in [2.05, 4.69) is 0 Å². The number of hydrogen-bond acceptors (Lipinski definition) is 3. The average Bonchev–Trinajstić information content (AvgIpc) is 2.89. The number of benzene rings is 2. The third-order valence-corrected chi connectivity index (χ3v) is 4.93. The maximum Gasteiger partial charge on any atom is 0.238 e. The molecule has 3 nitrogen and oxygen atoms in total. The zero-order valence-corrected chi connectivity index (χ0v) is 13.0. The van der Waals surface area contributed by atoms with E-state index in [0.29, 0.717) is 10.8 Å². The number of carbonyl (C=O) groups is 1. The lowest BCUT2D eigenvalue weighted by Crippen LogP contribution is -2.27. The highest BCUT2D eigenvalue weighted by Crippen LogP contribution is 2.44. The number of anilines is 1. The van der Waals surface area contributed by atoms with Gasteiger partial charge in [-0.05, 0) is 30.3 Å². The average molecular weight is 320 g/mol. The number of amides is 1. The molecule has 2 aromatic rings. The summed E-state index contributed by atoms with van der Waals surface area (Å²) in [6, 6.07) is 15.2. The van der Waals surface area contributed by atoms with Crippen LogP contribution in [0.25, 0.3) is 0 Å². The summed E-state index contributed by atoms with van der Waals surface area (Å²) in [7, 11) is 1.62. The fraction of sp³-hybridized carbons (Fsp3) is 0.188. The van der Waals surface area contributed by atoms with Crippen LogP contribution >= 0.6 is 23.4 Å². The second-order valence-corrected chi connectivity index (χ2v) is 6.12. The molecule has 1 aliphatic rings. The van der Waals surface area contributed by atoms with Crippen molar-refractivity contribution in [2.24, 2.45) is 0 Å². The number of methoxy groups -OCH3 is 1. The molecule has 0 N–H and O–H groups in total. The standard InChI is InChI=1S/C16H14ClNO2S/c1-20-12-8-6-11(7-9-12)18-15(19)10-21-16(18)13-4-2-3-5-14(13)17/h2-9,16H,10H2,1H3. The van der Waals surface area contributed by atoms with Gasteiger partial charge in [-0.15, -0.1) is 11.8 Å². The number of carbonyl (C=O) groups excluding carboxylic acids is 1. The van der Waals surface area contributed by atoms with Crippen molar-refractivity contribution < 1.29 is 9.53 Å². The van der Waals surface area contributed by atoms with Crippen molar-refractivity contribution in [2.75, 3.05) is 17.8 Å². The summed E-state index contributed by atoms with van der Waals surface area (Å²) in [6.45, 7) is 0. The highest BCUT2D eigenvalue weighted by molar-refractivity contribution is 8.00. The SMILES string of the molecule is COc1ccc(N2C(=O)CSC2c2ccccc2Cl)cc1. The molecular weight excluding hydrogens is 306 g/mol. The normalized spacial score (nSPS) is 18.1.